The fraction of sp³-hybridized carbons (Fsp3) is 0.0625. The Kier molecular flexibility index (Phi) is 2.59. The summed E-state index contributed by atoms with van der Waals surface area (Å²) in [7, 11) is 0. The van der Waals surface area contributed by atoms with Gasteiger partial charge in [-0.3, -0.25) is 0 Å². The Labute approximate surface area is 105 Å². The van der Waals surface area contributed by atoms with Crippen LogP contribution in [0.15, 0.2) is 59.0 Å². The van der Waals surface area contributed by atoms with Gasteiger partial charge in [-0.25, -0.2) is 0 Å². The fourth-order valence-electron chi connectivity index (χ4n) is 2.09. The van der Waals surface area contributed by atoms with Gasteiger partial charge in [-0.15, -0.1) is 0 Å². The predicted molar refractivity (Wildman–Crippen MR) is 71.0 cm³/mol. The van der Waals surface area contributed by atoms with Crippen LogP contribution in [-0.2, 0) is 6.42 Å². The Morgan fingerprint density at radius 1 is 1.00 bits per heavy atom. The first kappa shape index (κ1) is 10.6. The summed E-state index contributed by atoms with van der Waals surface area (Å²) in [5.74, 6) is 0.844. The van der Waals surface area contributed by atoms with Gasteiger partial charge in [0.15, 0.2) is 0 Å². The van der Waals surface area contributed by atoms with Crippen LogP contribution in [0.5, 0.6) is 0 Å². The molecule has 0 saturated heterocycles. The molecule has 0 radical (unpaired) electrons. The summed E-state index contributed by atoms with van der Waals surface area (Å²) in [6.45, 7) is 0. The molecule has 0 amide bonds. The van der Waals surface area contributed by atoms with Crippen LogP contribution in [0.3, 0.4) is 0 Å². The maximum absolute atomic E-state index is 8.81. The Bertz CT molecular complexity index is 720. The first-order valence-electron chi connectivity index (χ1n) is 5.82. The zero-order chi connectivity index (χ0) is 12.4. The zero-order valence-corrected chi connectivity index (χ0v) is 9.76. The third-order valence-electron chi connectivity index (χ3n) is 2.95. The summed E-state index contributed by atoms with van der Waals surface area (Å²) >= 11 is 0. The van der Waals surface area contributed by atoms with Gasteiger partial charge in [0.25, 0.3) is 0 Å². The van der Waals surface area contributed by atoms with Crippen LogP contribution in [0.1, 0.15) is 5.56 Å². The minimum Gasteiger partial charge on any atom is -0.456 e. The maximum Gasteiger partial charge on any atom is 0.139 e. The van der Waals surface area contributed by atoms with E-state index in [9.17, 15) is 0 Å². The summed E-state index contributed by atoms with van der Waals surface area (Å²) < 4.78 is 5.89. The maximum atomic E-state index is 8.81. The third-order valence-corrected chi connectivity index (χ3v) is 2.95. The molecular formula is C16H11NO. The van der Waals surface area contributed by atoms with E-state index in [0.717, 1.165) is 27.9 Å². The van der Waals surface area contributed by atoms with Crippen molar-refractivity contribution in [3.05, 3.63) is 60.2 Å². The van der Waals surface area contributed by atoms with Crippen molar-refractivity contribution in [1.29, 1.82) is 5.26 Å². The van der Waals surface area contributed by atoms with Crippen LogP contribution in [0.4, 0.5) is 0 Å². The average Bonchev–Trinajstić information content (AvgIpc) is 2.85. The second-order valence-corrected chi connectivity index (χ2v) is 4.15. The second-order valence-electron chi connectivity index (χ2n) is 4.15. The van der Waals surface area contributed by atoms with Gasteiger partial charge in [-0.1, -0.05) is 48.5 Å². The molecule has 2 aromatic carbocycles. The molecule has 0 spiro atoms. The lowest BCUT2D eigenvalue weighted by molar-refractivity contribution is 0.628. The average molecular weight is 233 g/mol. The molecule has 86 valence electrons. The summed E-state index contributed by atoms with van der Waals surface area (Å²) in [5, 5.41) is 9.85. The molecule has 18 heavy (non-hydrogen) atoms. The van der Waals surface area contributed by atoms with Crippen molar-refractivity contribution < 1.29 is 4.42 Å². The molecule has 0 aliphatic rings. The normalized spacial score (nSPS) is 10.4. The van der Waals surface area contributed by atoms with Crippen LogP contribution < -0.4 is 0 Å². The molecule has 0 N–H and O–H groups in total. The summed E-state index contributed by atoms with van der Waals surface area (Å²) in [6.07, 6.45) is 0.374. The van der Waals surface area contributed by atoms with Crippen molar-refractivity contribution in [1.82, 2.24) is 0 Å². The number of hydrogen-bond donors (Lipinski definition) is 0. The van der Waals surface area contributed by atoms with Gasteiger partial charge < -0.3 is 4.42 Å². The van der Waals surface area contributed by atoms with Gasteiger partial charge in [-0.2, -0.15) is 5.26 Å². The Balaban J connectivity index is 2.18. The van der Waals surface area contributed by atoms with Crippen LogP contribution in [0, 0.1) is 11.3 Å². The van der Waals surface area contributed by atoms with E-state index in [1.165, 1.54) is 0 Å². The minimum absolute atomic E-state index is 0.374. The summed E-state index contributed by atoms with van der Waals surface area (Å²) in [5.41, 5.74) is 2.81. The number of rotatable bonds is 2. The zero-order valence-electron chi connectivity index (χ0n) is 9.76. The van der Waals surface area contributed by atoms with E-state index < -0.39 is 0 Å². The van der Waals surface area contributed by atoms with Gasteiger partial charge in [0.2, 0.25) is 0 Å². The first-order chi connectivity index (χ1) is 8.88. The number of nitrogens with zero attached hydrogens (tertiary/aromatic N) is 1. The van der Waals surface area contributed by atoms with Crippen molar-refractivity contribution in [2.45, 2.75) is 6.42 Å². The van der Waals surface area contributed by atoms with Crippen molar-refractivity contribution in [3.63, 3.8) is 0 Å². The molecule has 0 atom stereocenters. The third kappa shape index (κ3) is 1.76. The molecule has 0 aliphatic carbocycles. The molecule has 0 saturated carbocycles. The van der Waals surface area contributed by atoms with Crippen molar-refractivity contribution in [2.24, 2.45) is 0 Å². The van der Waals surface area contributed by atoms with E-state index in [-0.39, 0.29) is 0 Å². The van der Waals surface area contributed by atoms with Crippen LogP contribution in [0.25, 0.3) is 22.3 Å². The molecule has 1 heterocycles. The SMILES string of the molecule is N#CCc1cccc2cc(-c3ccccc3)oc12. The van der Waals surface area contributed by atoms with Crippen molar-refractivity contribution >= 4 is 11.0 Å². The highest BCUT2D eigenvalue weighted by atomic mass is 16.3. The molecule has 1 aromatic heterocycles. The van der Waals surface area contributed by atoms with Crippen LogP contribution in [-0.4, -0.2) is 0 Å². The highest BCUT2D eigenvalue weighted by Crippen LogP contribution is 2.29. The molecule has 0 aliphatic heterocycles. The highest BCUT2D eigenvalue weighted by molar-refractivity contribution is 5.85. The highest BCUT2D eigenvalue weighted by Gasteiger charge is 2.08. The number of benzene rings is 2. The standard InChI is InChI=1S/C16H11NO/c17-10-9-13-7-4-8-14-11-15(18-16(13)14)12-5-2-1-3-6-12/h1-8,11H,9H2. The predicted octanol–water partition coefficient (Wildman–Crippen LogP) is 4.17. The number of nitriles is 1. The van der Waals surface area contributed by atoms with Gasteiger partial charge in [0.1, 0.15) is 11.3 Å². The van der Waals surface area contributed by atoms with E-state index in [2.05, 4.69) is 6.07 Å². The molecule has 3 aromatic rings. The van der Waals surface area contributed by atoms with E-state index >= 15 is 0 Å². The molecular weight excluding hydrogens is 222 g/mol. The quantitative estimate of drug-likeness (QED) is 0.666. The van der Waals surface area contributed by atoms with Gasteiger partial charge in [-0.05, 0) is 6.07 Å². The smallest absolute Gasteiger partial charge is 0.139 e. The van der Waals surface area contributed by atoms with E-state index in [1.54, 1.807) is 0 Å². The van der Waals surface area contributed by atoms with Crippen LogP contribution in [0.2, 0.25) is 0 Å². The lowest BCUT2D eigenvalue weighted by atomic mass is 10.1. The van der Waals surface area contributed by atoms with Gasteiger partial charge in [0.05, 0.1) is 12.5 Å². The number of furan rings is 1. The molecule has 3 rings (SSSR count). The largest absolute Gasteiger partial charge is 0.456 e. The topological polar surface area (TPSA) is 36.9 Å². The molecule has 0 bridgehead atoms. The number of para-hydroxylation sites is 1. The van der Waals surface area contributed by atoms with E-state index in [0.29, 0.717) is 6.42 Å². The summed E-state index contributed by atoms with van der Waals surface area (Å²) in [4.78, 5) is 0. The van der Waals surface area contributed by atoms with E-state index in [4.69, 9.17) is 9.68 Å². The molecule has 2 heteroatoms. The molecule has 2 nitrogen and oxygen atoms in total. The Morgan fingerprint density at radius 3 is 2.61 bits per heavy atom. The minimum atomic E-state index is 0.374. The lowest BCUT2D eigenvalue weighted by Gasteiger charge is -1.96. The van der Waals surface area contributed by atoms with Crippen molar-refractivity contribution in [2.75, 3.05) is 0 Å². The molecule has 0 fully saturated rings. The Morgan fingerprint density at radius 2 is 1.83 bits per heavy atom. The van der Waals surface area contributed by atoms with Crippen LogP contribution >= 0.6 is 0 Å². The van der Waals surface area contributed by atoms with Crippen molar-refractivity contribution in [3.8, 4) is 17.4 Å². The number of hydrogen-bond acceptors (Lipinski definition) is 2. The molecule has 0 unspecified atom stereocenters. The van der Waals surface area contributed by atoms with Gasteiger partial charge >= 0.3 is 0 Å². The Hall–Kier alpha value is -2.53. The second kappa shape index (κ2) is 4.38. The monoisotopic (exact) mass is 233 g/mol. The summed E-state index contributed by atoms with van der Waals surface area (Å²) in [6, 6.07) is 20.1. The fourth-order valence-corrected chi connectivity index (χ4v) is 2.09. The lowest BCUT2D eigenvalue weighted by Crippen LogP contribution is -1.80. The van der Waals surface area contributed by atoms with Gasteiger partial charge in [0, 0.05) is 16.5 Å². The number of fused-ring (bicyclic) bond motifs is 1. The van der Waals surface area contributed by atoms with E-state index in [1.807, 2.05) is 54.6 Å². The first-order valence-corrected chi connectivity index (χ1v) is 5.82.